The van der Waals surface area contributed by atoms with E-state index >= 15 is 0 Å². The van der Waals surface area contributed by atoms with Crippen LogP contribution in [0.4, 0.5) is 5.95 Å². The first kappa shape index (κ1) is 16.1. The number of anilines is 1. The molecular weight excluding hydrogens is 339 g/mol. The number of hydrazine groups is 1. The minimum Gasteiger partial charge on any atom is -0.277 e. The van der Waals surface area contributed by atoms with Crippen LogP contribution in [-0.2, 0) is 11.3 Å². The summed E-state index contributed by atoms with van der Waals surface area (Å²) >= 11 is 12.0. The largest absolute Gasteiger partial charge is 0.277 e. The zero-order valence-corrected chi connectivity index (χ0v) is 14.2. The number of hydrogen-bond donors (Lipinski definition) is 2. The van der Waals surface area contributed by atoms with E-state index in [2.05, 4.69) is 15.8 Å². The van der Waals surface area contributed by atoms with Crippen molar-refractivity contribution in [3.63, 3.8) is 0 Å². The van der Waals surface area contributed by atoms with Gasteiger partial charge in [0.2, 0.25) is 11.9 Å². The number of alkyl halides is 2. The maximum Gasteiger partial charge on any atom is 0.262 e. The minimum atomic E-state index is -1.06. The minimum absolute atomic E-state index is 0.170. The average Bonchev–Trinajstić information content (AvgIpc) is 3.05. The number of halogens is 2. The zero-order valence-electron chi connectivity index (χ0n) is 12.7. The van der Waals surface area contributed by atoms with Crippen molar-refractivity contribution in [1.29, 1.82) is 0 Å². The lowest BCUT2D eigenvalue weighted by atomic mass is 10.1. The lowest BCUT2D eigenvalue weighted by Gasteiger charge is -2.16. The Labute approximate surface area is 142 Å². The molecule has 1 heterocycles. The highest BCUT2D eigenvalue weighted by Gasteiger charge is 2.68. The average molecular weight is 355 g/mol. The molecule has 3 rings (SSSR count). The number of carbonyl (C=O) groups is 1. The van der Waals surface area contributed by atoms with Crippen molar-refractivity contribution in [2.75, 3.05) is 5.43 Å². The van der Waals surface area contributed by atoms with Crippen molar-refractivity contribution >= 4 is 46.0 Å². The molecule has 0 unspecified atom stereocenters. The fraction of sp³-hybridized carbons (Fsp3) is 0.400. The van der Waals surface area contributed by atoms with Crippen molar-refractivity contribution in [3.05, 3.63) is 34.6 Å². The van der Waals surface area contributed by atoms with E-state index in [1.54, 1.807) is 31.2 Å². The summed E-state index contributed by atoms with van der Waals surface area (Å²) in [6.45, 7) is 3.93. The molecule has 0 bridgehead atoms. The van der Waals surface area contributed by atoms with Gasteiger partial charge in [-0.25, -0.2) is 4.98 Å². The van der Waals surface area contributed by atoms with Crippen LogP contribution in [0.3, 0.4) is 0 Å². The number of nitrogens with one attached hydrogen (secondary N) is 2. The number of fused-ring (bicyclic) bond motifs is 1. The van der Waals surface area contributed by atoms with Gasteiger partial charge in [0, 0.05) is 6.54 Å². The third kappa shape index (κ3) is 2.56. The van der Waals surface area contributed by atoms with E-state index in [9.17, 15) is 9.59 Å². The fourth-order valence-corrected chi connectivity index (χ4v) is 3.16. The quantitative estimate of drug-likeness (QED) is 0.653. The van der Waals surface area contributed by atoms with Crippen molar-refractivity contribution in [1.82, 2.24) is 15.0 Å². The predicted molar refractivity (Wildman–Crippen MR) is 90.6 cm³/mol. The van der Waals surface area contributed by atoms with Crippen LogP contribution >= 0.6 is 23.2 Å². The zero-order chi connectivity index (χ0) is 16.8. The second-order valence-electron chi connectivity index (χ2n) is 5.79. The summed E-state index contributed by atoms with van der Waals surface area (Å²) in [6, 6.07) is 7.05. The van der Waals surface area contributed by atoms with E-state index in [4.69, 9.17) is 23.2 Å². The summed E-state index contributed by atoms with van der Waals surface area (Å²) in [4.78, 5) is 29.1. The van der Waals surface area contributed by atoms with Crippen LogP contribution in [-0.4, -0.2) is 19.8 Å². The maximum atomic E-state index is 12.5. The molecule has 1 saturated carbocycles. The monoisotopic (exact) mass is 354 g/mol. The fourth-order valence-electron chi connectivity index (χ4n) is 2.45. The molecule has 6 nitrogen and oxygen atoms in total. The number of rotatable bonds is 4. The molecule has 1 fully saturated rings. The topological polar surface area (TPSA) is 76.0 Å². The van der Waals surface area contributed by atoms with E-state index in [1.807, 2.05) is 6.92 Å². The number of hydrogen-bond acceptors (Lipinski definition) is 4. The molecule has 0 spiro atoms. The second-order valence-corrected chi connectivity index (χ2v) is 7.28. The van der Waals surface area contributed by atoms with Gasteiger partial charge in [-0.2, -0.15) is 0 Å². The van der Waals surface area contributed by atoms with Gasteiger partial charge in [0.05, 0.1) is 16.3 Å². The summed E-state index contributed by atoms with van der Waals surface area (Å²) in [5.74, 6) is -0.0731. The van der Waals surface area contributed by atoms with Gasteiger partial charge in [-0.05, 0) is 32.4 Å². The lowest BCUT2D eigenvalue weighted by Crippen LogP contribution is -2.39. The van der Waals surface area contributed by atoms with Crippen molar-refractivity contribution in [2.24, 2.45) is 5.41 Å². The molecule has 1 atom stereocenters. The second kappa shape index (κ2) is 5.39. The molecule has 0 radical (unpaired) electrons. The first-order valence-corrected chi connectivity index (χ1v) is 7.99. The summed E-state index contributed by atoms with van der Waals surface area (Å²) in [6.07, 6.45) is 0.377. The van der Waals surface area contributed by atoms with E-state index in [0.717, 1.165) is 0 Å². The highest BCUT2D eigenvalue weighted by atomic mass is 35.5. The Bertz CT molecular complexity index is 849. The Morgan fingerprint density at radius 1 is 1.39 bits per heavy atom. The number of nitrogens with zero attached hydrogens (tertiary/aromatic N) is 2. The Balaban J connectivity index is 1.89. The molecule has 8 heteroatoms. The van der Waals surface area contributed by atoms with Gasteiger partial charge in [0.15, 0.2) is 0 Å². The molecule has 0 aliphatic heterocycles. The Morgan fingerprint density at radius 3 is 2.65 bits per heavy atom. The highest BCUT2D eigenvalue weighted by molar-refractivity contribution is 6.53. The SMILES string of the molecule is CCn1c(NNC(=O)[C@]2(C)CC2(Cl)Cl)nc2ccccc2c1=O. The summed E-state index contributed by atoms with van der Waals surface area (Å²) in [7, 11) is 0. The van der Waals surface area contributed by atoms with Crippen LogP contribution in [0.2, 0.25) is 0 Å². The predicted octanol–water partition coefficient (Wildman–Crippen LogP) is 2.44. The lowest BCUT2D eigenvalue weighted by molar-refractivity contribution is -0.125. The van der Waals surface area contributed by atoms with E-state index in [0.29, 0.717) is 23.9 Å². The first-order valence-electron chi connectivity index (χ1n) is 7.24. The van der Waals surface area contributed by atoms with Gasteiger partial charge < -0.3 is 0 Å². The number of aromatic nitrogens is 2. The standard InChI is InChI=1S/C15H16Cl2N4O2/c1-3-21-11(22)9-6-4-5-7-10(9)18-13(21)20-19-12(23)14(2)8-15(14,16)17/h4-7H,3,8H2,1-2H3,(H,18,20)(H,19,23)/t14-/m0/s1. The van der Waals surface area contributed by atoms with Gasteiger partial charge in [-0.1, -0.05) is 12.1 Å². The summed E-state index contributed by atoms with van der Waals surface area (Å²) in [5, 5.41) is 0.529. The molecule has 1 amide bonds. The molecule has 122 valence electrons. The van der Waals surface area contributed by atoms with Gasteiger partial charge >= 0.3 is 0 Å². The van der Waals surface area contributed by atoms with E-state index in [1.165, 1.54) is 4.57 Å². The molecule has 1 aromatic carbocycles. The van der Waals surface area contributed by atoms with Crippen LogP contribution in [0.15, 0.2) is 29.1 Å². The Hall–Kier alpha value is -1.79. The molecule has 1 aliphatic rings. The molecule has 23 heavy (non-hydrogen) atoms. The molecule has 1 aromatic heterocycles. The van der Waals surface area contributed by atoms with Crippen LogP contribution in [0.1, 0.15) is 20.3 Å². The van der Waals surface area contributed by atoms with Gasteiger partial charge in [0.1, 0.15) is 4.33 Å². The molecule has 0 saturated heterocycles. The molecule has 2 aromatic rings. The smallest absolute Gasteiger partial charge is 0.262 e. The normalized spacial score (nSPS) is 21.9. The number of carbonyl (C=O) groups excluding carboxylic acids is 1. The summed E-state index contributed by atoms with van der Waals surface area (Å²) in [5.41, 5.74) is 4.80. The third-order valence-electron chi connectivity index (χ3n) is 4.22. The number of benzene rings is 1. The third-order valence-corrected chi connectivity index (χ3v) is 5.33. The molecule has 2 N–H and O–H groups in total. The van der Waals surface area contributed by atoms with E-state index in [-0.39, 0.29) is 17.4 Å². The van der Waals surface area contributed by atoms with Gasteiger partial charge in [-0.15, -0.1) is 23.2 Å². The van der Waals surface area contributed by atoms with Crippen LogP contribution in [0, 0.1) is 5.41 Å². The number of amides is 1. The van der Waals surface area contributed by atoms with Crippen LogP contribution in [0.5, 0.6) is 0 Å². The Kier molecular flexibility index (Phi) is 3.77. The van der Waals surface area contributed by atoms with E-state index < -0.39 is 9.75 Å². The number of para-hydroxylation sites is 1. The molecular formula is C15H16Cl2N4O2. The van der Waals surface area contributed by atoms with Crippen LogP contribution in [0.25, 0.3) is 10.9 Å². The van der Waals surface area contributed by atoms with Gasteiger partial charge in [0.25, 0.3) is 5.56 Å². The highest BCUT2D eigenvalue weighted by Crippen LogP contribution is 2.63. The van der Waals surface area contributed by atoms with Crippen molar-refractivity contribution in [2.45, 2.75) is 31.1 Å². The molecule has 1 aliphatic carbocycles. The van der Waals surface area contributed by atoms with Crippen molar-refractivity contribution < 1.29 is 4.79 Å². The van der Waals surface area contributed by atoms with Crippen molar-refractivity contribution in [3.8, 4) is 0 Å². The van der Waals surface area contributed by atoms with Gasteiger partial charge in [-0.3, -0.25) is 25.0 Å². The summed E-state index contributed by atoms with van der Waals surface area (Å²) < 4.78 is 0.395. The first-order chi connectivity index (χ1) is 10.8. The Morgan fingerprint density at radius 2 is 2.04 bits per heavy atom. The van der Waals surface area contributed by atoms with Crippen LogP contribution < -0.4 is 16.4 Å². The maximum absolute atomic E-state index is 12.5.